The maximum atomic E-state index is 7.07. The fraction of sp³-hybridized carbons (Fsp3) is 0.158. The van der Waals surface area contributed by atoms with Gasteiger partial charge >= 0.3 is 0 Å². The van der Waals surface area contributed by atoms with Gasteiger partial charge in [-0.05, 0) is 39.7 Å². The van der Waals surface area contributed by atoms with Crippen molar-refractivity contribution in [3.63, 3.8) is 0 Å². The first-order chi connectivity index (χ1) is 19.0. The summed E-state index contributed by atoms with van der Waals surface area (Å²) in [5.41, 5.74) is 9.77. The summed E-state index contributed by atoms with van der Waals surface area (Å²) < 4.78 is 7.07. The van der Waals surface area contributed by atoms with E-state index in [9.17, 15) is 0 Å². The fourth-order valence-corrected chi connectivity index (χ4v) is 5.81. The van der Waals surface area contributed by atoms with E-state index in [4.69, 9.17) is 4.42 Å². The van der Waals surface area contributed by atoms with Crippen molar-refractivity contribution in [2.24, 2.45) is 0 Å². The van der Waals surface area contributed by atoms with Gasteiger partial charge in [0.05, 0.1) is 0 Å². The van der Waals surface area contributed by atoms with Crippen molar-refractivity contribution in [3.8, 4) is 44.9 Å². The highest BCUT2D eigenvalue weighted by Crippen LogP contribution is 2.48. The maximum absolute atomic E-state index is 7.07. The molecule has 0 aliphatic rings. The Bertz CT molecular complexity index is 1710. The molecule has 0 saturated carbocycles. The lowest BCUT2D eigenvalue weighted by atomic mass is 9.86. The molecule has 0 radical (unpaired) electrons. The van der Waals surface area contributed by atoms with E-state index >= 15 is 0 Å². The summed E-state index contributed by atoms with van der Waals surface area (Å²) in [5, 5.41) is 2.30. The van der Waals surface area contributed by atoms with E-state index < -0.39 is 0 Å². The number of rotatable bonds is 6. The molecular weight excluding hydrogens is 472 g/mol. The second kappa shape index (κ2) is 10.4. The Morgan fingerprint density at radius 3 is 1.49 bits per heavy atom. The van der Waals surface area contributed by atoms with Crippen LogP contribution in [0.25, 0.3) is 55.7 Å². The second-order valence-electron chi connectivity index (χ2n) is 10.9. The van der Waals surface area contributed by atoms with E-state index in [0.717, 1.165) is 27.9 Å². The molecule has 0 aliphatic heterocycles. The first kappa shape index (κ1) is 24.9. The van der Waals surface area contributed by atoms with Crippen LogP contribution in [0.4, 0.5) is 0 Å². The van der Waals surface area contributed by atoms with Crippen LogP contribution >= 0.6 is 0 Å². The smallest absolute Gasteiger partial charge is 0.143 e. The van der Waals surface area contributed by atoms with Gasteiger partial charge in [-0.15, -0.1) is 0 Å². The molecule has 0 bridgehead atoms. The Kier molecular flexibility index (Phi) is 6.67. The standard InChI is InChI=1S/C38H34O/c1-25(2)29-21-13-22-30(26(3)4)36(29)38-33-20-12-11-19-32(33)37(39-38)34-24-14-23-31(27-15-7-5-8-16-27)35(34)28-17-9-6-10-18-28/h5-26H,1-4H3. The summed E-state index contributed by atoms with van der Waals surface area (Å²) in [7, 11) is 0. The van der Waals surface area contributed by atoms with Crippen LogP contribution in [-0.4, -0.2) is 0 Å². The van der Waals surface area contributed by atoms with Crippen molar-refractivity contribution in [2.75, 3.05) is 0 Å². The second-order valence-corrected chi connectivity index (χ2v) is 10.9. The van der Waals surface area contributed by atoms with Gasteiger partial charge in [0.1, 0.15) is 11.5 Å². The Hall–Kier alpha value is -4.36. The Morgan fingerprint density at radius 1 is 0.410 bits per heavy atom. The van der Waals surface area contributed by atoms with Crippen LogP contribution in [0.1, 0.15) is 50.7 Å². The predicted octanol–water partition coefficient (Wildman–Crippen LogP) is 11.3. The molecule has 6 aromatic rings. The van der Waals surface area contributed by atoms with Crippen molar-refractivity contribution in [2.45, 2.75) is 39.5 Å². The number of hydrogen-bond donors (Lipinski definition) is 0. The summed E-state index contributed by atoms with van der Waals surface area (Å²) in [6.07, 6.45) is 0. The number of furan rings is 1. The highest BCUT2D eigenvalue weighted by Gasteiger charge is 2.25. The van der Waals surface area contributed by atoms with Crippen LogP contribution in [0.3, 0.4) is 0 Å². The minimum absolute atomic E-state index is 0.382. The minimum Gasteiger partial charge on any atom is -0.455 e. The Morgan fingerprint density at radius 2 is 0.897 bits per heavy atom. The zero-order chi connectivity index (χ0) is 26.9. The van der Waals surface area contributed by atoms with Crippen LogP contribution in [-0.2, 0) is 0 Å². The molecule has 39 heavy (non-hydrogen) atoms. The predicted molar refractivity (Wildman–Crippen MR) is 166 cm³/mol. The molecular formula is C38H34O. The highest BCUT2D eigenvalue weighted by atomic mass is 16.3. The third-order valence-corrected chi connectivity index (χ3v) is 7.68. The van der Waals surface area contributed by atoms with E-state index in [1.165, 1.54) is 38.9 Å². The number of hydrogen-bond acceptors (Lipinski definition) is 1. The molecule has 0 aliphatic carbocycles. The third-order valence-electron chi connectivity index (χ3n) is 7.68. The van der Waals surface area contributed by atoms with Crippen molar-refractivity contribution >= 4 is 10.8 Å². The molecule has 6 rings (SSSR count). The molecule has 1 aromatic heterocycles. The van der Waals surface area contributed by atoms with Gasteiger partial charge < -0.3 is 4.42 Å². The van der Waals surface area contributed by atoms with E-state index in [1.807, 2.05) is 0 Å². The summed E-state index contributed by atoms with van der Waals surface area (Å²) >= 11 is 0. The van der Waals surface area contributed by atoms with Gasteiger partial charge in [-0.1, -0.05) is 149 Å². The van der Waals surface area contributed by atoms with E-state index in [-0.39, 0.29) is 0 Å². The summed E-state index contributed by atoms with van der Waals surface area (Å²) in [6, 6.07) is 43.3. The molecule has 0 spiro atoms. The maximum Gasteiger partial charge on any atom is 0.143 e. The number of fused-ring (bicyclic) bond motifs is 1. The number of benzene rings is 5. The molecule has 0 N–H and O–H groups in total. The van der Waals surface area contributed by atoms with Crippen LogP contribution < -0.4 is 0 Å². The van der Waals surface area contributed by atoms with Crippen molar-refractivity contribution < 1.29 is 4.42 Å². The molecule has 0 unspecified atom stereocenters. The van der Waals surface area contributed by atoms with Crippen molar-refractivity contribution in [1.82, 2.24) is 0 Å². The van der Waals surface area contributed by atoms with E-state index in [2.05, 4.69) is 149 Å². The third kappa shape index (κ3) is 4.49. The van der Waals surface area contributed by atoms with Crippen LogP contribution in [0.2, 0.25) is 0 Å². The molecule has 1 heteroatoms. The average Bonchev–Trinajstić information content (AvgIpc) is 3.36. The molecule has 5 aromatic carbocycles. The molecule has 192 valence electrons. The van der Waals surface area contributed by atoms with Gasteiger partial charge in [-0.3, -0.25) is 0 Å². The molecule has 1 heterocycles. The SMILES string of the molecule is CC(C)c1cccc(C(C)C)c1-c1oc(-c2cccc(-c3ccccc3)c2-c2ccccc2)c2ccccc12. The first-order valence-electron chi connectivity index (χ1n) is 13.9. The first-order valence-corrected chi connectivity index (χ1v) is 13.9. The fourth-order valence-electron chi connectivity index (χ4n) is 5.81. The van der Waals surface area contributed by atoms with Crippen molar-refractivity contribution in [1.29, 1.82) is 0 Å². The zero-order valence-electron chi connectivity index (χ0n) is 23.1. The van der Waals surface area contributed by atoms with Crippen molar-refractivity contribution in [3.05, 3.63) is 132 Å². The quantitative estimate of drug-likeness (QED) is 0.219. The van der Waals surface area contributed by atoms with Crippen LogP contribution in [0.15, 0.2) is 126 Å². The van der Waals surface area contributed by atoms with Gasteiger partial charge in [0.2, 0.25) is 0 Å². The van der Waals surface area contributed by atoms with Gasteiger partial charge in [0.15, 0.2) is 0 Å². The summed E-state index contributed by atoms with van der Waals surface area (Å²) in [6.45, 7) is 9.08. The lowest BCUT2D eigenvalue weighted by molar-refractivity contribution is 0.599. The summed E-state index contributed by atoms with van der Waals surface area (Å²) in [5.74, 6) is 2.66. The largest absolute Gasteiger partial charge is 0.455 e. The topological polar surface area (TPSA) is 13.1 Å². The van der Waals surface area contributed by atoms with Gasteiger partial charge in [0, 0.05) is 27.5 Å². The minimum atomic E-state index is 0.382. The highest BCUT2D eigenvalue weighted by molar-refractivity contribution is 6.07. The molecule has 0 fully saturated rings. The lowest BCUT2D eigenvalue weighted by Crippen LogP contribution is -1.99. The Labute approximate surface area is 231 Å². The monoisotopic (exact) mass is 506 g/mol. The summed E-state index contributed by atoms with van der Waals surface area (Å²) in [4.78, 5) is 0. The molecule has 0 amide bonds. The molecule has 0 saturated heterocycles. The van der Waals surface area contributed by atoms with Gasteiger partial charge in [-0.25, -0.2) is 0 Å². The molecule has 0 atom stereocenters. The van der Waals surface area contributed by atoms with E-state index in [0.29, 0.717) is 11.8 Å². The zero-order valence-corrected chi connectivity index (χ0v) is 23.1. The normalized spacial score (nSPS) is 11.5. The van der Waals surface area contributed by atoms with Crippen LogP contribution in [0.5, 0.6) is 0 Å². The molecule has 1 nitrogen and oxygen atoms in total. The Balaban J connectivity index is 1.70. The average molecular weight is 507 g/mol. The van der Waals surface area contributed by atoms with E-state index in [1.54, 1.807) is 0 Å². The van der Waals surface area contributed by atoms with Gasteiger partial charge in [-0.2, -0.15) is 0 Å². The van der Waals surface area contributed by atoms with Crippen LogP contribution in [0, 0.1) is 0 Å². The lowest BCUT2D eigenvalue weighted by Gasteiger charge is -2.18. The van der Waals surface area contributed by atoms with Gasteiger partial charge in [0.25, 0.3) is 0 Å².